The number of hydrogen-bond donors (Lipinski definition) is 2. The normalized spacial score (nSPS) is 13.5. The van der Waals surface area contributed by atoms with E-state index in [4.69, 9.17) is 5.73 Å². The molecule has 0 spiro atoms. The molecular formula is C11H21N3. The van der Waals surface area contributed by atoms with Crippen molar-refractivity contribution < 1.29 is 0 Å². The zero-order valence-electron chi connectivity index (χ0n) is 9.59. The molecule has 1 aromatic rings. The second kappa shape index (κ2) is 4.49. The zero-order valence-corrected chi connectivity index (χ0v) is 9.59. The number of hydrogen-bond acceptors (Lipinski definition) is 2. The van der Waals surface area contributed by atoms with Gasteiger partial charge in [-0.25, -0.2) is 0 Å². The van der Waals surface area contributed by atoms with Gasteiger partial charge in [0.1, 0.15) is 5.82 Å². The molecular weight excluding hydrogens is 174 g/mol. The first kappa shape index (κ1) is 11.1. The van der Waals surface area contributed by atoms with Crippen LogP contribution in [-0.4, -0.2) is 10.2 Å². The van der Waals surface area contributed by atoms with E-state index in [1.165, 1.54) is 11.3 Å². The summed E-state index contributed by atoms with van der Waals surface area (Å²) in [5.41, 5.74) is 8.24. The van der Waals surface area contributed by atoms with Gasteiger partial charge >= 0.3 is 0 Å². The van der Waals surface area contributed by atoms with Gasteiger partial charge < -0.3 is 5.73 Å². The fraction of sp³-hybridized carbons (Fsp3) is 0.727. The Labute approximate surface area is 86.1 Å². The van der Waals surface area contributed by atoms with Crippen LogP contribution in [0.3, 0.4) is 0 Å². The molecule has 3 heteroatoms. The second-order valence-corrected chi connectivity index (χ2v) is 4.11. The number of nitrogens with two attached hydrogens (primary N) is 1. The smallest absolute Gasteiger partial charge is 0.148 e. The summed E-state index contributed by atoms with van der Waals surface area (Å²) >= 11 is 0. The van der Waals surface area contributed by atoms with Crippen LogP contribution in [0.5, 0.6) is 0 Å². The Bertz CT molecular complexity index is 289. The van der Waals surface area contributed by atoms with E-state index in [2.05, 4.69) is 37.9 Å². The van der Waals surface area contributed by atoms with Crippen LogP contribution in [0, 0.1) is 5.92 Å². The highest BCUT2D eigenvalue weighted by atomic mass is 15.2. The molecule has 1 rings (SSSR count). The van der Waals surface area contributed by atoms with Gasteiger partial charge in [-0.2, -0.15) is 5.10 Å². The summed E-state index contributed by atoms with van der Waals surface area (Å²) in [6, 6.07) is 0. The molecule has 0 amide bonds. The maximum Gasteiger partial charge on any atom is 0.148 e. The van der Waals surface area contributed by atoms with Crippen LogP contribution in [-0.2, 0) is 6.42 Å². The van der Waals surface area contributed by atoms with Gasteiger partial charge in [-0.1, -0.05) is 27.7 Å². The molecule has 0 aliphatic rings. The van der Waals surface area contributed by atoms with Crippen LogP contribution in [0.25, 0.3) is 0 Å². The minimum atomic E-state index is 0.551. The van der Waals surface area contributed by atoms with Crippen molar-refractivity contribution in [3.8, 4) is 0 Å². The quantitative estimate of drug-likeness (QED) is 0.776. The van der Waals surface area contributed by atoms with E-state index in [1.807, 2.05) is 0 Å². The van der Waals surface area contributed by atoms with E-state index >= 15 is 0 Å². The fourth-order valence-electron chi connectivity index (χ4n) is 2.08. The Morgan fingerprint density at radius 3 is 2.43 bits per heavy atom. The number of aromatic amines is 1. The lowest BCUT2D eigenvalue weighted by Crippen LogP contribution is -2.08. The van der Waals surface area contributed by atoms with Crippen molar-refractivity contribution in [1.29, 1.82) is 0 Å². The zero-order chi connectivity index (χ0) is 10.7. The van der Waals surface area contributed by atoms with E-state index in [1.54, 1.807) is 0 Å². The van der Waals surface area contributed by atoms with Crippen LogP contribution in [0.2, 0.25) is 0 Å². The number of nitrogens with zero attached hydrogens (tertiary/aromatic N) is 1. The fourth-order valence-corrected chi connectivity index (χ4v) is 2.08. The van der Waals surface area contributed by atoms with Crippen LogP contribution in [0.1, 0.15) is 51.3 Å². The first-order chi connectivity index (χ1) is 6.61. The first-order valence-corrected chi connectivity index (χ1v) is 5.44. The largest absolute Gasteiger partial charge is 0.382 e. The minimum absolute atomic E-state index is 0.551. The molecule has 0 aromatic carbocycles. The predicted octanol–water partition coefficient (Wildman–Crippen LogP) is 2.70. The van der Waals surface area contributed by atoms with Crippen LogP contribution in [0.15, 0.2) is 0 Å². The van der Waals surface area contributed by atoms with Gasteiger partial charge in [0.15, 0.2) is 0 Å². The molecule has 0 saturated carbocycles. The van der Waals surface area contributed by atoms with Crippen molar-refractivity contribution in [3.05, 3.63) is 11.3 Å². The average molecular weight is 195 g/mol. The number of anilines is 1. The third-order valence-electron chi connectivity index (χ3n) is 2.90. The van der Waals surface area contributed by atoms with E-state index in [-0.39, 0.29) is 0 Å². The van der Waals surface area contributed by atoms with Crippen molar-refractivity contribution in [2.45, 2.75) is 46.5 Å². The molecule has 0 fully saturated rings. The molecule has 3 N–H and O–H groups in total. The summed E-state index contributed by atoms with van der Waals surface area (Å²) in [6.07, 6.45) is 2.09. The van der Waals surface area contributed by atoms with Gasteiger partial charge in [-0.05, 0) is 18.8 Å². The SMILES string of the molecule is CCc1c(N)n[nH]c1C(CC)C(C)C. The van der Waals surface area contributed by atoms with Gasteiger partial charge in [0.05, 0.1) is 0 Å². The molecule has 80 valence electrons. The van der Waals surface area contributed by atoms with E-state index in [9.17, 15) is 0 Å². The maximum absolute atomic E-state index is 5.80. The number of nitrogens with one attached hydrogen (secondary N) is 1. The summed E-state index contributed by atoms with van der Waals surface area (Å²) in [5.74, 6) is 1.85. The van der Waals surface area contributed by atoms with Gasteiger partial charge in [0.25, 0.3) is 0 Å². The molecule has 0 saturated heterocycles. The first-order valence-electron chi connectivity index (χ1n) is 5.44. The summed E-state index contributed by atoms with van der Waals surface area (Å²) in [4.78, 5) is 0. The van der Waals surface area contributed by atoms with Gasteiger partial charge in [0, 0.05) is 17.2 Å². The van der Waals surface area contributed by atoms with Gasteiger partial charge in [0.2, 0.25) is 0 Å². The maximum atomic E-state index is 5.80. The lowest BCUT2D eigenvalue weighted by molar-refractivity contribution is 0.471. The summed E-state index contributed by atoms with van der Waals surface area (Å²) in [6.45, 7) is 8.81. The van der Waals surface area contributed by atoms with Crippen LogP contribution in [0.4, 0.5) is 5.82 Å². The van der Waals surface area contributed by atoms with Gasteiger partial charge in [-0.3, -0.25) is 5.10 Å². The Kier molecular flexibility index (Phi) is 3.55. The highest BCUT2D eigenvalue weighted by Gasteiger charge is 2.20. The van der Waals surface area contributed by atoms with E-state index in [0.717, 1.165) is 12.8 Å². The Morgan fingerprint density at radius 1 is 1.36 bits per heavy atom. The third-order valence-corrected chi connectivity index (χ3v) is 2.90. The van der Waals surface area contributed by atoms with Crippen molar-refractivity contribution in [3.63, 3.8) is 0 Å². The average Bonchev–Trinajstić information content (AvgIpc) is 2.48. The van der Waals surface area contributed by atoms with E-state index in [0.29, 0.717) is 17.7 Å². The highest BCUT2D eigenvalue weighted by Crippen LogP contribution is 2.30. The second-order valence-electron chi connectivity index (χ2n) is 4.11. The Balaban J connectivity index is 3.03. The predicted molar refractivity (Wildman–Crippen MR) is 60.2 cm³/mol. The third kappa shape index (κ3) is 1.91. The number of H-pyrrole nitrogens is 1. The monoisotopic (exact) mass is 195 g/mol. The van der Waals surface area contributed by atoms with Crippen molar-refractivity contribution >= 4 is 5.82 Å². The van der Waals surface area contributed by atoms with Crippen molar-refractivity contribution in [1.82, 2.24) is 10.2 Å². The van der Waals surface area contributed by atoms with E-state index < -0.39 is 0 Å². The molecule has 0 bridgehead atoms. The molecule has 0 radical (unpaired) electrons. The molecule has 0 aliphatic heterocycles. The summed E-state index contributed by atoms with van der Waals surface area (Å²) < 4.78 is 0. The molecule has 1 aromatic heterocycles. The van der Waals surface area contributed by atoms with Crippen molar-refractivity contribution in [2.75, 3.05) is 5.73 Å². The van der Waals surface area contributed by atoms with Crippen LogP contribution < -0.4 is 5.73 Å². The lowest BCUT2D eigenvalue weighted by atomic mass is 9.87. The molecule has 1 heterocycles. The number of nitrogen functional groups attached to an aromatic ring is 1. The molecule has 0 aliphatic carbocycles. The standard InChI is InChI=1S/C11H21N3/c1-5-8(7(3)4)10-9(6-2)11(12)14-13-10/h7-8H,5-6H2,1-4H3,(H3,12,13,14). The number of aromatic nitrogens is 2. The highest BCUT2D eigenvalue weighted by molar-refractivity contribution is 5.43. The lowest BCUT2D eigenvalue weighted by Gasteiger charge is -2.18. The van der Waals surface area contributed by atoms with Crippen molar-refractivity contribution in [2.24, 2.45) is 5.92 Å². The van der Waals surface area contributed by atoms with Crippen LogP contribution >= 0.6 is 0 Å². The minimum Gasteiger partial charge on any atom is -0.382 e. The molecule has 1 unspecified atom stereocenters. The Morgan fingerprint density at radius 2 is 2.00 bits per heavy atom. The topological polar surface area (TPSA) is 54.7 Å². The number of rotatable bonds is 4. The molecule has 14 heavy (non-hydrogen) atoms. The Hall–Kier alpha value is -0.990. The summed E-state index contributed by atoms with van der Waals surface area (Å²) in [5, 5.41) is 7.17. The summed E-state index contributed by atoms with van der Waals surface area (Å²) in [7, 11) is 0. The van der Waals surface area contributed by atoms with Gasteiger partial charge in [-0.15, -0.1) is 0 Å². The molecule has 1 atom stereocenters. The molecule has 3 nitrogen and oxygen atoms in total.